The van der Waals surface area contributed by atoms with Crippen LogP contribution in [0.15, 0.2) is 29.8 Å². The molecule has 0 radical (unpaired) electrons. The summed E-state index contributed by atoms with van der Waals surface area (Å²) in [6.07, 6.45) is 2.34. The predicted octanol–water partition coefficient (Wildman–Crippen LogP) is 4.10. The number of hydrogen-bond acceptors (Lipinski definition) is 3. The molecule has 2 nitrogen and oxygen atoms in total. The third-order valence-corrected chi connectivity index (χ3v) is 4.27. The molecule has 1 unspecified atom stereocenters. The van der Waals surface area contributed by atoms with E-state index >= 15 is 0 Å². The Kier molecular flexibility index (Phi) is 5.11. The van der Waals surface area contributed by atoms with E-state index in [0.29, 0.717) is 0 Å². The monoisotopic (exact) mass is 274 g/mol. The van der Waals surface area contributed by atoms with Gasteiger partial charge in [0.1, 0.15) is 0 Å². The van der Waals surface area contributed by atoms with Crippen LogP contribution in [0.3, 0.4) is 0 Å². The summed E-state index contributed by atoms with van der Waals surface area (Å²) >= 11 is 1.74. The fourth-order valence-corrected chi connectivity index (χ4v) is 3.27. The zero-order valence-corrected chi connectivity index (χ0v) is 12.8. The van der Waals surface area contributed by atoms with Crippen LogP contribution >= 0.6 is 11.3 Å². The standard InChI is InChI=1S/C16H22N2S/c1-4-7-13-8-6-9-14(10-13)15(17-5-2)16-12(3)18-11-19-16/h6,8-11,15,17H,4-5,7H2,1-3H3. The SMILES string of the molecule is CCCc1cccc(C(NCC)c2scnc2C)c1. The molecule has 1 aromatic carbocycles. The number of nitrogens with one attached hydrogen (secondary N) is 1. The molecule has 0 spiro atoms. The van der Waals surface area contributed by atoms with Gasteiger partial charge >= 0.3 is 0 Å². The minimum atomic E-state index is 0.273. The molecule has 102 valence electrons. The Morgan fingerprint density at radius 1 is 1.32 bits per heavy atom. The summed E-state index contributed by atoms with van der Waals surface area (Å²) in [7, 11) is 0. The lowest BCUT2D eigenvalue weighted by molar-refractivity contribution is 0.634. The second-order valence-electron chi connectivity index (χ2n) is 4.79. The Bertz CT molecular complexity index is 519. The van der Waals surface area contributed by atoms with E-state index in [9.17, 15) is 0 Å². The lowest BCUT2D eigenvalue weighted by Gasteiger charge is -2.18. The number of benzene rings is 1. The maximum Gasteiger partial charge on any atom is 0.0798 e. The van der Waals surface area contributed by atoms with Crippen molar-refractivity contribution < 1.29 is 0 Å². The highest BCUT2D eigenvalue weighted by Gasteiger charge is 2.17. The zero-order valence-electron chi connectivity index (χ0n) is 11.9. The second-order valence-corrected chi connectivity index (χ2v) is 5.67. The Balaban J connectivity index is 2.33. The topological polar surface area (TPSA) is 24.9 Å². The summed E-state index contributed by atoms with van der Waals surface area (Å²) in [4.78, 5) is 5.71. The van der Waals surface area contributed by atoms with Crippen LogP contribution in [0, 0.1) is 6.92 Å². The van der Waals surface area contributed by atoms with E-state index < -0.39 is 0 Å². The van der Waals surface area contributed by atoms with Crippen LogP contribution in [0.5, 0.6) is 0 Å². The maximum atomic E-state index is 4.38. The van der Waals surface area contributed by atoms with Gasteiger partial charge in [0.25, 0.3) is 0 Å². The molecule has 1 N–H and O–H groups in total. The summed E-state index contributed by atoms with van der Waals surface area (Å²) in [5.74, 6) is 0. The number of rotatable bonds is 6. The molecule has 2 aromatic rings. The number of aryl methyl sites for hydroxylation is 2. The summed E-state index contributed by atoms with van der Waals surface area (Å²) < 4.78 is 0. The van der Waals surface area contributed by atoms with Crippen molar-refractivity contribution in [2.75, 3.05) is 6.54 Å². The maximum absolute atomic E-state index is 4.38. The van der Waals surface area contributed by atoms with Crippen molar-refractivity contribution in [1.82, 2.24) is 10.3 Å². The van der Waals surface area contributed by atoms with Gasteiger partial charge in [0.05, 0.1) is 17.2 Å². The van der Waals surface area contributed by atoms with Gasteiger partial charge in [-0.1, -0.05) is 44.5 Å². The number of aromatic nitrogens is 1. The third kappa shape index (κ3) is 3.43. The molecule has 0 saturated carbocycles. The van der Waals surface area contributed by atoms with E-state index in [2.05, 4.69) is 55.3 Å². The minimum absolute atomic E-state index is 0.273. The molecule has 1 aromatic heterocycles. The van der Waals surface area contributed by atoms with E-state index in [0.717, 1.165) is 18.7 Å². The minimum Gasteiger partial charge on any atom is -0.306 e. The molecular weight excluding hydrogens is 252 g/mol. The highest BCUT2D eigenvalue weighted by molar-refractivity contribution is 7.09. The first kappa shape index (κ1) is 14.2. The van der Waals surface area contributed by atoms with Crippen LogP contribution in [-0.4, -0.2) is 11.5 Å². The van der Waals surface area contributed by atoms with Gasteiger partial charge in [0.15, 0.2) is 0 Å². The molecule has 0 aliphatic heterocycles. The zero-order chi connectivity index (χ0) is 13.7. The van der Waals surface area contributed by atoms with Crippen LogP contribution < -0.4 is 5.32 Å². The third-order valence-electron chi connectivity index (χ3n) is 3.28. The fraction of sp³-hybridized carbons (Fsp3) is 0.438. The molecule has 0 amide bonds. The van der Waals surface area contributed by atoms with Gasteiger partial charge in [-0.15, -0.1) is 11.3 Å². The van der Waals surface area contributed by atoms with Crippen LogP contribution in [0.2, 0.25) is 0 Å². The van der Waals surface area contributed by atoms with Crippen molar-refractivity contribution >= 4 is 11.3 Å². The quantitative estimate of drug-likeness (QED) is 0.857. The lowest BCUT2D eigenvalue weighted by atomic mass is 10.00. The molecule has 1 atom stereocenters. The second kappa shape index (κ2) is 6.83. The van der Waals surface area contributed by atoms with Crippen LogP contribution in [0.1, 0.15) is 48.0 Å². The first-order chi connectivity index (χ1) is 9.26. The molecule has 19 heavy (non-hydrogen) atoms. The van der Waals surface area contributed by atoms with Crippen molar-refractivity contribution in [3.05, 3.63) is 51.5 Å². The average Bonchev–Trinajstić information content (AvgIpc) is 2.83. The molecule has 0 fully saturated rings. The Morgan fingerprint density at radius 2 is 2.16 bits per heavy atom. The van der Waals surface area contributed by atoms with Gasteiger partial charge in [0.2, 0.25) is 0 Å². The molecule has 2 rings (SSSR count). The van der Waals surface area contributed by atoms with E-state index in [1.54, 1.807) is 11.3 Å². The lowest BCUT2D eigenvalue weighted by Crippen LogP contribution is -2.22. The Hall–Kier alpha value is -1.19. The molecule has 0 aliphatic rings. The van der Waals surface area contributed by atoms with Crippen molar-refractivity contribution in [2.24, 2.45) is 0 Å². The highest BCUT2D eigenvalue weighted by atomic mass is 32.1. The molecule has 3 heteroatoms. The van der Waals surface area contributed by atoms with E-state index in [1.165, 1.54) is 22.4 Å². The smallest absolute Gasteiger partial charge is 0.0798 e. The summed E-state index contributed by atoms with van der Waals surface area (Å²) in [6, 6.07) is 9.20. The number of thiazole rings is 1. The number of hydrogen-bond donors (Lipinski definition) is 1. The largest absolute Gasteiger partial charge is 0.306 e. The van der Waals surface area contributed by atoms with Gasteiger partial charge in [-0.2, -0.15) is 0 Å². The molecular formula is C16H22N2S. The average molecular weight is 274 g/mol. The molecule has 0 saturated heterocycles. The van der Waals surface area contributed by atoms with Crippen molar-refractivity contribution in [3.63, 3.8) is 0 Å². The van der Waals surface area contributed by atoms with E-state index in [1.807, 2.05) is 5.51 Å². The van der Waals surface area contributed by atoms with Gasteiger partial charge in [-0.25, -0.2) is 4.98 Å². The molecule has 0 aliphatic carbocycles. The number of nitrogens with zero attached hydrogens (tertiary/aromatic N) is 1. The van der Waals surface area contributed by atoms with E-state index in [4.69, 9.17) is 0 Å². The predicted molar refractivity (Wildman–Crippen MR) is 82.8 cm³/mol. The summed E-state index contributed by atoms with van der Waals surface area (Å²) in [6.45, 7) is 7.42. The first-order valence-corrected chi connectivity index (χ1v) is 7.86. The van der Waals surface area contributed by atoms with Crippen LogP contribution in [-0.2, 0) is 6.42 Å². The van der Waals surface area contributed by atoms with Gasteiger partial charge in [0, 0.05) is 4.88 Å². The van der Waals surface area contributed by atoms with Crippen LogP contribution in [0.4, 0.5) is 0 Å². The first-order valence-electron chi connectivity index (χ1n) is 6.98. The Morgan fingerprint density at radius 3 is 2.79 bits per heavy atom. The normalized spacial score (nSPS) is 12.6. The Labute approximate surface area is 119 Å². The fourth-order valence-electron chi connectivity index (χ4n) is 2.37. The van der Waals surface area contributed by atoms with Gasteiger partial charge in [-0.3, -0.25) is 0 Å². The summed E-state index contributed by atoms with van der Waals surface area (Å²) in [5.41, 5.74) is 5.84. The highest BCUT2D eigenvalue weighted by Crippen LogP contribution is 2.28. The van der Waals surface area contributed by atoms with Gasteiger partial charge < -0.3 is 5.32 Å². The van der Waals surface area contributed by atoms with Crippen molar-refractivity contribution in [1.29, 1.82) is 0 Å². The van der Waals surface area contributed by atoms with Crippen LogP contribution in [0.25, 0.3) is 0 Å². The van der Waals surface area contributed by atoms with Gasteiger partial charge in [-0.05, 0) is 31.0 Å². The van der Waals surface area contributed by atoms with Crippen molar-refractivity contribution in [3.8, 4) is 0 Å². The van der Waals surface area contributed by atoms with Crippen molar-refractivity contribution in [2.45, 2.75) is 39.7 Å². The molecule has 1 heterocycles. The summed E-state index contributed by atoms with van der Waals surface area (Å²) in [5, 5.41) is 3.58. The van der Waals surface area contributed by atoms with E-state index in [-0.39, 0.29) is 6.04 Å². The molecule has 0 bridgehead atoms.